The lowest BCUT2D eigenvalue weighted by Gasteiger charge is -2.19. The molecule has 52 heavy (non-hydrogen) atoms. The largest absolute Gasteiger partial charge is 0.325 e. The van der Waals surface area contributed by atoms with Crippen molar-refractivity contribution < 1.29 is 19.2 Å². The van der Waals surface area contributed by atoms with Gasteiger partial charge in [0.05, 0.1) is 22.7 Å². The Balaban J connectivity index is 1.11. The zero-order valence-electron chi connectivity index (χ0n) is 27.8. The van der Waals surface area contributed by atoms with Gasteiger partial charge in [0, 0.05) is 34.9 Å². The molecule has 0 radical (unpaired) electrons. The highest BCUT2D eigenvalue weighted by molar-refractivity contribution is 9.11. The molecule has 2 unspecified atom stereocenters. The normalized spacial score (nSPS) is 18.7. The van der Waals surface area contributed by atoms with Gasteiger partial charge in [-0.05, 0) is 93.2 Å². The molecule has 2 aliphatic heterocycles. The van der Waals surface area contributed by atoms with E-state index in [0.29, 0.717) is 59.0 Å². The van der Waals surface area contributed by atoms with E-state index < -0.39 is 10.5 Å². The third-order valence-electron chi connectivity index (χ3n) is 8.05. The molecular formula is C38H34Br2N6O4S2. The number of amides is 4. The number of carbonyl (C=O) groups is 4. The number of unbranched alkanes of at least 4 members (excludes halogenated alkanes) is 1. The van der Waals surface area contributed by atoms with Crippen molar-refractivity contribution in [3.05, 3.63) is 118 Å². The summed E-state index contributed by atoms with van der Waals surface area (Å²) >= 11 is 9.47. The summed E-state index contributed by atoms with van der Waals surface area (Å²) in [5.74, 6) is -0.906. The zero-order chi connectivity index (χ0) is 36.5. The molecule has 2 saturated heterocycles. The van der Waals surface area contributed by atoms with E-state index in [2.05, 4.69) is 42.5 Å². The molecule has 2 fully saturated rings. The molecule has 10 nitrogen and oxygen atoms in total. The number of benzene rings is 4. The van der Waals surface area contributed by atoms with Gasteiger partial charge in [-0.3, -0.25) is 29.0 Å². The maximum atomic E-state index is 13.7. The van der Waals surface area contributed by atoms with Crippen molar-refractivity contribution >= 4 is 112 Å². The number of rotatable bonds is 13. The first-order valence-electron chi connectivity index (χ1n) is 16.6. The van der Waals surface area contributed by atoms with Crippen LogP contribution in [-0.2, 0) is 19.2 Å². The highest BCUT2D eigenvalue weighted by atomic mass is 79.9. The monoisotopic (exact) mass is 860 g/mol. The first-order chi connectivity index (χ1) is 25.2. The van der Waals surface area contributed by atoms with Crippen molar-refractivity contribution in [2.75, 3.05) is 23.7 Å². The average molecular weight is 863 g/mol. The van der Waals surface area contributed by atoms with Gasteiger partial charge in [0.15, 0.2) is 10.3 Å². The SMILES string of the molecule is O=C(CC1SC(=Nc2ccccc2)N(CCCCN2C(=O)C(CC(=O)Nc3ccccc3Br)SC2=Nc2ccccc2)C1=O)Nc1ccccc1Br. The lowest BCUT2D eigenvalue weighted by atomic mass is 10.2. The molecule has 0 aromatic heterocycles. The summed E-state index contributed by atoms with van der Waals surface area (Å²) in [7, 11) is 0. The lowest BCUT2D eigenvalue weighted by molar-refractivity contribution is -0.128. The van der Waals surface area contributed by atoms with Crippen LogP contribution in [0.5, 0.6) is 0 Å². The highest BCUT2D eigenvalue weighted by Gasteiger charge is 2.41. The molecule has 0 bridgehead atoms. The van der Waals surface area contributed by atoms with Crippen LogP contribution in [0.4, 0.5) is 22.7 Å². The van der Waals surface area contributed by atoms with Gasteiger partial charge in [-0.2, -0.15) is 0 Å². The molecule has 2 atom stereocenters. The van der Waals surface area contributed by atoms with E-state index in [1.54, 1.807) is 21.9 Å². The third kappa shape index (κ3) is 9.79. The van der Waals surface area contributed by atoms with Crippen LogP contribution in [0.1, 0.15) is 25.7 Å². The molecule has 2 heterocycles. The standard InChI is InChI=1S/C38H34Br2N6O4S2/c39-27-17-7-9-19-29(27)43-33(47)23-31-35(49)45(37(51-31)41-25-13-3-1-4-14-25)21-11-12-22-46-36(50)32(52-38(46)42-26-15-5-2-6-16-26)24-34(48)44-30-20-10-8-18-28(30)40/h1-10,13-20,31-32H,11-12,21-24H2,(H,43,47)(H,44,48). The second kappa shape index (κ2) is 18.0. The van der Waals surface area contributed by atoms with Crippen molar-refractivity contribution in [2.24, 2.45) is 9.98 Å². The van der Waals surface area contributed by atoms with E-state index in [0.717, 1.165) is 8.95 Å². The minimum Gasteiger partial charge on any atom is -0.325 e. The van der Waals surface area contributed by atoms with E-state index in [1.807, 2.05) is 97.1 Å². The fourth-order valence-corrected chi connectivity index (χ4v) is 8.63. The molecule has 4 aromatic rings. The average Bonchev–Trinajstić information content (AvgIpc) is 3.58. The Bertz CT molecular complexity index is 1860. The van der Waals surface area contributed by atoms with E-state index >= 15 is 0 Å². The predicted molar refractivity (Wildman–Crippen MR) is 217 cm³/mol. The van der Waals surface area contributed by atoms with Crippen LogP contribution >= 0.6 is 55.4 Å². The van der Waals surface area contributed by atoms with Crippen LogP contribution in [0.15, 0.2) is 128 Å². The number of thioether (sulfide) groups is 2. The van der Waals surface area contributed by atoms with Gasteiger partial charge < -0.3 is 10.6 Å². The minimum atomic E-state index is -0.630. The number of amidine groups is 2. The number of anilines is 2. The molecule has 6 rings (SSSR count). The Morgan fingerprint density at radius 3 is 1.33 bits per heavy atom. The molecule has 14 heteroatoms. The quantitative estimate of drug-likeness (QED) is 0.130. The van der Waals surface area contributed by atoms with E-state index in [9.17, 15) is 19.2 Å². The second-order valence-corrected chi connectivity index (χ2v) is 15.9. The number of aliphatic imine (C=N–C) groups is 2. The van der Waals surface area contributed by atoms with Crippen LogP contribution < -0.4 is 10.6 Å². The number of halogens is 2. The van der Waals surface area contributed by atoms with Gasteiger partial charge in [-0.1, -0.05) is 84.2 Å². The Hall–Kier alpha value is -4.24. The van der Waals surface area contributed by atoms with E-state index in [1.165, 1.54) is 23.5 Å². The van der Waals surface area contributed by atoms with Gasteiger partial charge in [0.1, 0.15) is 10.5 Å². The van der Waals surface area contributed by atoms with Gasteiger partial charge in [-0.25, -0.2) is 9.98 Å². The molecule has 0 spiro atoms. The first kappa shape index (κ1) is 37.5. The summed E-state index contributed by atoms with van der Waals surface area (Å²) in [6.07, 6.45) is 1.11. The molecular weight excluding hydrogens is 828 g/mol. The molecule has 2 aliphatic rings. The molecule has 0 saturated carbocycles. The summed E-state index contributed by atoms with van der Waals surface area (Å²) in [5, 5.41) is 5.58. The third-order valence-corrected chi connectivity index (χ3v) is 11.8. The summed E-state index contributed by atoms with van der Waals surface area (Å²) in [4.78, 5) is 66.3. The van der Waals surface area contributed by atoms with Crippen molar-refractivity contribution in [1.29, 1.82) is 0 Å². The number of carbonyl (C=O) groups excluding carboxylic acids is 4. The van der Waals surface area contributed by atoms with Crippen LogP contribution in [0.25, 0.3) is 0 Å². The van der Waals surface area contributed by atoms with E-state index in [-0.39, 0.29) is 36.5 Å². The maximum absolute atomic E-state index is 13.7. The Kier molecular flexibility index (Phi) is 13.0. The second-order valence-electron chi connectivity index (χ2n) is 11.8. The number of hydrogen-bond acceptors (Lipinski definition) is 8. The van der Waals surface area contributed by atoms with Crippen molar-refractivity contribution in [3.8, 4) is 0 Å². The fraction of sp³-hybridized carbons (Fsp3) is 0.211. The van der Waals surface area contributed by atoms with Crippen LogP contribution in [0.3, 0.4) is 0 Å². The predicted octanol–water partition coefficient (Wildman–Crippen LogP) is 8.61. The maximum Gasteiger partial charge on any atom is 0.242 e. The van der Waals surface area contributed by atoms with Gasteiger partial charge in [-0.15, -0.1) is 0 Å². The molecule has 4 amide bonds. The summed E-state index contributed by atoms with van der Waals surface area (Å²) in [5.41, 5.74) is 2.68. The van der Waals surface area contributed by atoms with Crippen molar-refractivity contribution in [2.45, 2.75) is 36.2 Å². The summed E-state index contributed by atoms with van der Waals surface area (Å²) < 4.78 is 1.51. The number of nitrogens with zero attached hydrogens (tertiary/aromatic N) is 4. The lowest BCUT2D eigenvalue weighted by Crippen LogP contribution is -2.36. The number of para-hydroxylation sites is 4. The van der Waals surface area contributed by atoms with Crippen LogP contribution in [-0.4, -0.2) is 67.4 Å². The number of hydrogen-bond donors (Lipinski definition) is 2. The molecule has 4 aromatic carbocycles. The smallest absolute Gasteiger partial charge is 0.242 e. The van der Waals surface area contributed by atoms with Crippen LogP contribution in [0, 0.1) is 0 Å². The Labute approximate surface area is 327 Å². The minimum absolute atomic E-state index is 0.00977. The molecule has 266 valence electrons. The number of nitrogens with one attached hydrogen (secondary N) is 2. The van der Waals surface area contributed by atoms with E-state index in [4.69, 9.17) is 9.98 Å². The molecule has 0 aliphatic carbocycles. The Morgan fingerprint density at radius 1 is 0.577 bits per heavy atom. The topological polar surface area (TPSA) is 124 Å². The first-order valence-corrected chi connectivity index (χ1v) is 19.9. The zero-order valence-corrected chi connectivity index (χ0v) is 32.6. The summed E-state index contributed by atoms with van der Waals surface area (Å²) in [6, 6.07) is 33.4. The fourth-order valence-electron chi connectivity index (χ4n) is 5.49. The van der Waals surface area contributed by atoms with Gasteiger partial charge in [0.2, 0.25) is 23.6 Å². The van der Waals surface area contributed by atoms with Gasteiger partial charge >= 0.3 is 0 Å². The van der Waals surface area contributed by atoms with Crippen LogP contribution in [0.2, 0.25) is 0 Å². The highest BCUT2D eigenvalue weighted by Crippen LogP contribution is 2.35. The van der Waals surface area contributed by atoms with Crippen molar-refractivity contribution in [1.82, 2.24) is 9.80 Å². The van der Waals surface area contributed by atoms with Crippen molar-refractivity contribution in [3.63, 3.8) is 0 Å². The van der Waals surface area contributed by atoms with Gasteiger partial charge in [0.25, 0.3) is 0 Å². The molecule has 2 N–H and O–H groups in total. The Morgan fingerprint density at radius 2 is 0.942 bits per heavy atom. The summed E-state index contributed by atoms with van der Waals surface area (Å²) in [6.45, 7) is 0.718.